The Balaban J connectivity index is 2.47. The fraction of sp³-hybridized carbons (Fsp3) is 0.200. The molecule has 0 bridgehead atoms. The van der Waals surface area contributed by atoms with Crippen LogP contribution in [0.3, 0.4) is 0 Å². The number of benzene rings is 1. The fourth-order valence-electron chi connectivity index (χ4n) is 2.03. The van der Waals surface area contributed by atoms with Crippen molar-refractivity contribution in [1.29, 1.82) is 0 Å². The van der Waals surface area contributed by atoms with E-state index in [0.717, 1.165) is 0 Å². The first-order chi connectivity index (χ1) is 10.4. The molecular formula is C15H14N2O5. The summed E-state index contributed by atoms with van der Waals surface area (Å²) in [6, 6.07) is 8.93. The molecular weight excluding hydrogens is 288 g/mol. The topological polar surface area (TPSA) is 120 Å². The Morgan fingerprint density at radius 2 is 1.77 bits per heavy atom. The van der Waals surface area contributed by atoms with Crippen LogP contribution < -0.4 is 5.56 Å². The molecule has 114 valence electrons. The highest BCUT2D eigenvalue weighted by atomic mass is 16.4. The van der Waals surface area contributed by atoms with Gasteiger partial charge in [-0.15, -0.1) is 0 Å². The molecule has 2 aromatic rings. The average Bonchev–Trinajstić information content (AvgIpc) is 2.48. The second-order valence-corrected chi connectivity index (χ2v) is 4.79. The van der Waals surface area contributed by atoms with Gasteiger partial charge in [-0.05, 0) is 6.92 Å². The number of nitrogens with zero attached hydrogens (tertiary/aromatic N) is 1. The number of carboxylic acid groups (broad SMARTS) is 2. The van der Waals surface area contributed by atoms with Crippen molar-refractivity contribution in [2.75, 3.05) is 0 Å². The molecule has 22 heavy (non-hydrogen) atoms. The minimum Gasteiger partial charge on any atom is -0.481 e. The largest absolute Gasteiger partial charge is 0.481 e. The van der Waals surface area contributed by atoms with Crippen molar-refractivity contribution < 1.29 is 19.8 Å². The van der Waals surface area contributed by atoms with Crippen molar-refractivity contribution in [2.24, 2.45) is 5.92 Å². The van der Waals surface area contributed by atoms with E-state index in [9.17, 15) is 14.4 Å². The highest BCUT2D eigenvalue weighted by molar-refractivity contribution is 5.93. The maximum atomic E-state index is 12.0. The first-order valence-electron chi connectivity index (χ1n) is 6.51. The Hall–Kier alpha value is -2.96. The smallest absolute Gasteiger partial charge is 0.318 e. The van der Waals surface area contributed by atoms with Crippen LogP contribution in [0.2, 0.25) is 0 Å². The van der Waals surface area contributed by atoms with Crippen LogP contribution in [0.25, 0.3) is 11.3 Å². The summed E-state index contributed by atoms with van der Waals surface area (Å²) in [7, 11) is 0. The van der Waals surface area contributed by atoms with Gasteiger partial charge in [0.2, 0.25) is 0 Å². The summed E-state index contributed by atoms with van der Waals surface area (Å²) in [6.45, 7) is 1.60. The predicted molar refractivity (Wildman–Crippen MR) is 77.5 cm³/mol. The molecule has 0 aliphatic heterocycles. The SMILES string of the molecule is Cc1c(-c2ccccc2)nc(CC(C(=O)O)C(=O)O)[nH]c1=O. The fourth-order valence-corrected chi connectivity index (χ4v) is 2.03. The van der Waals surface area contributed by atoms with E-state index < -0.39 is 23.4 Å². The molecule has 0 saturated carbocycles. The Morgan fingerprint density at radius 3 is 2.32 bits per heavy atom. The normalized spacial score (nSPS) is 10.6. The molecule has 1 aromatic carbocycles. The van der Waals surface area contributed by atoms with Gasteiger partial charge in [0.25, 0.3) is 5.56 Å². The number of aromatic amines is 1. The van der Waals surface area contributed by atoms with E-state index >= 15 is 0 Å². The lowest BCUT2D eigenvalue weighted by Crippen LogP contribution is -2.28. The van der Waals surface area contributed by atoms with Crippen molar-refractivity contribution >= 4 is 11.9 Å². The van der Waals surface area contributed by atoms with Crippen molar-refractivity contribution in [3.8, 4) is 11.3 Å². The Labute approximate surface area is 125 Å². The number of hydrogen-bond donors (Lipinski definition) is 3. The van der Waals surface area contributed by atoms with Gasteiger partial charge in [-0.3, -0.25) is 14.4 Å². The van der Waals surface area contributed by atoms with Crippen molar-refractivity contribution in [3.05, 3.63) is 52.1 Å². The van der Waals surface area contributed by atoms with E-state index in [0.29, 0.717) is 16.8 Å². The molecule has 0 spiro atoms. The van der Waals surface area contributed by atoms with Crippen molar-refractivity contribution in [2.45, 2.75) is 13.3 Å². The molecule has 2 rings (SSSR count). The number of hydrogen-bond acceptors (Lipinski definition) is 4. The van der Waals surface area contributed by atoms with Gasteiger partial charge in [0, 0.05) is 17.5 Å². The summed E-state index contributed by atoms with van der Waals surface area (Å²) in [4.78, 5) is 40.5. The zero-order valence-corrected chi connectivity index (χ0v) is 11.7. The molecule has 0 amide bonds. The second kappa shape index (κ2) is 6.21. The standard InChI is InChI=1S/C15H14N2O5/c1-8-12(9-5-3-2-4-6-9)16-11(17-13(8)18)7-10(14(19)20)15(21)22/h2-6,10H,7H2,1H3,(H,19,20)(H,21,22)(H,16,17,18). The first-order valence-corrected chi connectivity index (χ1v) is 6.51. The molecule has 7 nitrogen and oxygen atoms in total. The first kappa shape index (κ1) is 15.4. The van der Waals surface area contributed by atoms with Crippen LogP contribution in [-0.2, 0) is 16.0 Å². The third-order valence-electron chi connectivity index (χ3n) is 3.24. The van der Waals surface area contributed by atoms with E-state index in [1.165, 1.54) is 0 Å². The highest BCUT2D eigenvalue weighted by Crippen LogP contribution is 2.19. The molecule has 1 aromatic heterocycles. The molecule has 0 fully saturated rings. The molecule has 0 atom stereocenters. The van der Waals surface area contributed by atoms with Crippen LogP contribution in [0, 0.1) is 12.8 Å². The highest BCUT2D eigenvalue weighted by Gasteiger charge is 2.27. The monoisotopic (exact) mass is 302 g/mol. The van der Waals surface area contributed by atoms with E-state index in [-0.39, 0.29) is 12.2 Å². The summed E-state index contributed by atoms with van der Waals surface area (Å²) < 4.78 is 0. The summed E-state index contributed by atoms with van der Waals surface area (Å²) in [5.41, 5.74) is 1.08. The molecule has 1 heterocycles. The van der Waals surface area contributed by atoms with Gasteiger partial charge in [0.1, 0.15) is 5.82 Å². The molecule has 3 N–H and O–H groups in total. The average molecular weight is 302 g/mol. The van der Waals surface area contributed by atoms with Crippen LogP contribution in [0.4, 0.5) is 0 Å². The summed E-state index contributed by atoms with van der Waals surface area (Å²) in [5, 5.41) is 17.8. The summed E-state index contributed by atoms with van der Waals surface area (Å²) >= 11 is 0. The summed E-state index contributed by atoms with van der Waals surface area (Å²) in [6.07, 6.45) is -0.389. The lowest BCUT2D eigenvalue weighted by molar-refractivity contribution is -0.154. The number of aromatic nitrogens is 2. The third-order valence-corrected chi connectivity index (χ3v) is 3.24. The number of nitrogens with one attached hydrogen (secondary N) is 1. The van der Waals surface area contributed by atoms with Crippen LogP contribution in [0.1, 0.15) is 11.4 Å². The molecule has 7 heteroatoms. The van der Waals surface area contributed by atoms with Gasteiger partial charge in [-0.2, -0.15) is 0 Å². The number of aliphatic carboxylic acids is 2. The van der Waals surface area contributed by atoms with Crippen molar-refractivity contribution in [1.82, 2.24) is 9.97 Å². The summed E-state index contributed by atoms with van der Waals surface area (Å²) in [5.74, 6) is -4.58. The van der Waals surface area contributed by atoms with E-state index in [1.54, 1.807) is 31.2 Å². The number of carbonyl (C=O) groups is 2. The maximum absolute atomic E-state index is 12.0. The van der Waals surface area contributed by atoms with E-state index in [1.807, 2.05) is 6.07 Å². The van der Waals surface area contributed by atoms with Crippen LogP contribution >= 0.6 is 0 Å². The molecule has 0 aliphatic carbocycles. The molecule has 0 saturated heterocycles. The molecule has 0 aliphatic rings. The number of carboxylic acids is 2. The second-order valence-electron chi connectivity index (χ2n) is 4.79. The van der Waals surface area contributed by atoms with Gasteiger partial charge >= 0.3 is 11.9 Å². The minimum atomic E-state index is -1.66. The minimum absolute atomic E-state index is 0.0317. The number of rotatable bonds is 5. The zero-order valence-electron chi connectivity index (χ0n) is 11.7. The van der Waals surface area contributed by atoms with Gasteiger partial charge in [-0.1, -0.05) is 30.3 Å². The Kier molecular flexibility index (Phi) is 4.36. The van der Waals surface area contributed by atoms with Crippen LogP contribution in [0.15, 0.2) is 35.1 Å². The molecule has 0 radical (unpaired) electrons. The maximum Gasteiger partial charge on any atom is 0.318 e. The van der Waals surface area contributed by atoms with Gasteiger partial charge in [0.05, 0.1) is 5.69 Å². The Bertz CT molecular complexity index is 753. The molecule has 0 unspecified atom stereocenters. The van der Waals surface area contributed by atoms with E-state index in [2.05, 4.69) is 9.97 Å². The quantitative estimate of drug-likeness (QED) is 0.711. The number of H-pyrrole nitrogens is 1. The van der Waals surface area contributed by atoms with Crippen molar-refractivity contribution in [3.63, 3.8) is 0 Å². The third kappa shape index (κ3) is 3.20. The lowest BCUT2D eigenvalue weighted by atomic mass is 10.0. The van der Waals surface area contributed by atoms with E-state index in [4.69, 9.17) is 10.2 Å². The van der Waals surface area contributed by atoms with Gasteiger partial charge in [0.15, 0.2) is 5.92 Å². The lowest BCUT2D eigenvalue weighted by Gasteiger charge is -2.10. The predicted octanol–water partition coefficient (Wildman–Crippen LogP) is 1.07. The van der Waals surface area contributed by atoms with Crippen LogP contribution in [-0.4, -0.2) is 32.1 Å². The van der Waals surface area contributed by atoms with Crippen LogP contribution in [0.5, 0.6) is 0 Å². The van der Waals surface area contributed by atoms with Gasteiger partial charge < -0.3 is 15.2 Å². The van der Waals surface area contributed by atoms with Gasteiger partial charge in [-0.25, -0.2) is 4.98 Å². The zero-order chi connectivity index (χ0) is 16.3. The Morgan fingerprint density at radius 1 is 1.18 bits per heavy atom.